The van der Waals surface area contributed by atoms with Crippen LogP contribution >= 0.6 is 0 Å². The van der Waals surface area contributed by atoms with Gasteiger partial charge in [-0.2, -0.15) is 9.61 Å². The normalized spacial score (nSPS) is 21.1. The Bertz CT molecular complexity index is 1770. The molecule has 2 aliphatic rings. The summed E-state index contributed by atoms with van der Waals surface area (Å²) in [6.45, 7) is 4.27. The number of aromatic nitrogens is 4. The maximum absolute atomic E-state index is 15.3. The SMILES string of the molecule is CC1CN(c2ccncc2Nc2ncc3ccc(-c4c(F)cc(OC5CCOCC5)cc4F)nn23)CC(N)C1OCCS(C)(=O)=O. The van der Waals surface area contributed by atoms with Gasteiger partial charge in [-0.1, -0.05) is 6.92 Å². The fourth-order valence-corrected chi connectivity index (χ4v) is 6.36. The fourth-order valence-electron chi connectivity index (χ4n) is 5.96. The molecule has 3 atom stereocenters. The number of fused-ring (bicyclic) bond motifs is 1. The highest BCUT2D eigenvalue weighted by molar-refractivity contribution is 7.90. The smallest absolute Gasteiger partial charge is 0.229 e. The Labute approximate surface area is 265 Å². The lowest BCUT2D eigenvalue weighted by Crippen LogP contribution is -2.57. The fraction of sp³-hybridized carbons (Fsp3) is 0.452. The standard InChI is InChI=1S/C31H37F2N7O5S/c1-19-17-39(18-25(34)30(19)44-11-12-46(2,41)42)28-5-8-35-16-27(28)37-31-36-15-20-3-4-26(38-40(20)31)29-23(32)13-22(14-24(29)33)45-21-6-9-43-10-7-21/h3-5,8,13-16,19,21,25,30H,6-7,9-12,17-18,34H2,1-2H3,(H,36,37). The van der Waals surface area contributed by atoms with E-state index < -0.39 is 21.5 Å². The molecular formula is C31H37F2N7O5S. The Morgan fingerprint density at radius 1 is 1.11 bits per heavy atom. The third-order valence-electron chi connectivity index (χ3n) is 8.20. The molecule has 4 aromatic rings. The third kappa shape index (κ3) is 7.22. The van der Waals surface area contributed by atoms with Crippen molar-refractivity contribution < 1.29 is 31.4 Å². The quantitative estimate of drug-likeness (QED) is 0.258. The lowest BCUT2D eigenvalue weighted by molar-refractivity contribution is 0.00183. The van der Waals surface area contributed by atoms with Crippen molar-refractivity contribution in [3.8, 4) is 17.0 Å². The maximum atomic E-state index is 15.3. The van der Waals surface area contributed by atoms with Crippen LogP contribution in [0.4, 0.5) is 26.1 Å². The van der Waals surface area contributed by atoms with Crippen LogP contribution in [0.5, 0.6) is 5.75 Å². The topological polar surface area (TPSA) is 146 Å². The van der Waals surface area contributed by atoms with Crippen molar-refractivity contribution in [2.24, 2.45) is 11.7 Å². The van der Waals surface area contributed by atoms with E-state index in [1.165, 1.54) is 22.9 Å². The minimum absolute atomic E-state index is 0.0130. The van der Waals surface area contributed by atoms with Crippen molar-refractivity contribution in [3.63, 3.8) is 0 Å². The molecule has 15 heteroatoms. The summed E-state index contributed by atoms with van der Waals surface area (Å²) in [6, 6.07) is 7.09. The summed E-state index contributed by atoms with van der Waals surface area (Å²) in [7, 11) is -3.14. The predicted octanol–water partition coefficient (Wildman–Crippen LogP) is 3.58. The molecule has 6 rings (SSSR count). The molecule has 2 aliphatic heterocycles. The Morgan fingerprint density at radius 3 is 2.59 bits per heavy atom. The first kappa shape index (κ1) is 32.0. The molecule has 2 fully saturated rings. The number of halogens is 2. The molecule has 1 aromatic carbocycles. The summed E-state index contributed by atoms with van der Waals surface area (Å²) in [4.78, 5) is 10.9. The van der Waals surface area contributed by atoms with Crippen molar-refractivity contribution in [3.05, 3.63) is 60.6 Å². The van der Waals surface area contributed by atoms with Crippen LogP contribution in [0.15, 0.2) is 48.9 Å². The maximum Gasteiger partial charge on any atom is 0.229 e. The second-order valence-electron chi connectivity index (χ2n) is 11.9. The van der Waals surface area contributed by atoms with Gasteiger partial charge in [-0.3, -0.25) is 4.98 Å². The van der Waals surface area contributed by atoms with Crippen molar-refractivity contribution in [1.29, 1.82) is 0 Å². The van der Waals surface area contributed by atoms with Crippen molar-refractivity contribution in [2.75, 3.05) is 55.1 Å². The summed E-state index contributed by atoms with van der Waals surface area (Å²) in [5.74, 6) is -1.17. The van der Waals surface area contributed by atoms with Gasteiger partial charge in [0.15, 0.2) is 0 Å². The van der Waals surface area contributed by atoms with Crippen LogP contribution in [0.2, 0.25) is 0 Å². The molecule has 0 bridgehead atoms. The number of piperidine rings is 1. The molecule has 46 heavy (non-hydrogen) atoms. The van der Waals surface area contributed by atoms with Crippen LogP contribution in [-0.4, -0.2) is 91.2 Å². The second kappa shape index (κ2) is 13.4. The van der Waals surface area contributed by atoms with Gasteiger partial charge in [0, 0.05) is 62.5 Å². The van der Waals surface area contributed by atoms with Crippen molar-refractivity contribution >= 4 is 32.7 Å². The predicted molar refractivity (Wildman–Crippen MR) is 169 cm³/mol. The van der Waals surface area contributed by atoms with Gasteiger partial charge in [-0.05, 0) is 18.2 Å². The Kier molecular flexibility index (Phi) is 9.36. The monoisotopic (exact) mass is 657 g/mol. The van der Waals surface area contributed by atoms with Crippen LogP contribution in [-0.2, 0) is 19.3 Å². The number of ether oxygens (including phenoxy) is 3. The lowest BCUT2D eigenvalue weighted by atomic mass is 9.92. The van der Waals surface area contributed by atoms with Gasteiger partial charge < -0.3 is 30.2 Å². The summed E-state index contributed by atoms with van der Waals surface area (Å²) >= 11 is 0. The van der Waals surface area contributed by atoms with Gasteiger partial charge in [0.2, 0.25) is 5.95 Å². The Morgan fingerprint density at radius 2 is 1.87 bits per heavy atom. The third-order valence-corrected chi connectivity index (χ3v) is 9.11. The molecule has 246 valence electrons. The van der Waals surface area contributed by atoms with E-state index in [9.17, 15) is 8.42 Å². The number of nitrogens with zero attached hydrogens (tertiary/aromatic N) is 5. The number of hydrogen-bond donors (Lipinski definition) is 2. The first-order valence-electron chi connectivity index (χ1n) is 15.1. The summed E-state index contributed by atoms with van der Waals surface area (Å²) in [6.07, 6.45) is 6.97. The van der Waals surface area contributed by atoms with E-state index in [1.807, 2.05) is 13.0 Å². The van der Waals surface area contributed by atoms with Gasteiger partial charge in [-0.15, -0.1) is 0 Å². The number of hydrogen-bond acceptors (Lipinski definition) is 11. The highest BCUT2D eigenvalue weighted by atomic mass is 32.2. The van der Waals surface area contributed by atoms with E-state index >= 15 is 8.78 Å². The number of benzene rings is 1. The van der Waals surface area contributed by atoms with E-state index in [2.05, 4.69) is 25.3 Å². The molecule has 3 aromatic heterocycles. The zero-order valence-electron chi connectivity index (χ0n) is 25.6. The highest BCUT2D eigenvalue weighted by Gasteiger charge is 2.34. The first-order chi connectivity index (χ1) is 22.1. The van der Waals surface area contributed by atoms with Crippen molar-refractivity contribution in [1.82, 2.24) is 19.6 Å². The molecule has 5 heterocycles. The number of anilines is 3. The Balaban J connectivity index is 1.21. The van der Waals surface area contributed by atoms with Gasteiger partial charge in [0.25, 0.3) is 0 Å². The number of rotatable bonds is 10. The van der Waals surface area contributed by atoms with Gasteiger partial charge >= 0.3 is 0 Å². The number of nitrogens with two attached hydrogens (primary N) is 1. The van der Waals surface area contributed by atoms with Crippen LogP contribution < -0.4 is 20.7 Å². The molecule has 3 N–H and O–H groups in total. The average molecular weight is 658 g/mol. The minimum Gasteiger partial charge on any atom is -0.490 e. The molecule has 12 nitrogen and oxygen atoms in total. The largest absolute Gasteiger partial charge is 0.490 e. The molecule has 2 saturated heterocycles. The molecule has 3 unspecified atom stereocenters. The highest BCUT2D eigenvalue weighted by Crippen LogP contribution is 2.33. The molecule has 0 saturated carbocycles. The van der Waals surface area contributed by atoms with Gasteiger partial charge in [0.05, 0.1) is 72.2 Å². The molecule has 0 aliphatic carbocycles. The second-order valence-corrected chi connectivity index (χ2v) is 14.1. The lowest BCUT2D eigenvalue weighted by Gasteiger charge is -2.42. The van der Waals surface area contributed by atoms with Gasteiger partial charge in [-0.25, -0.2) is 22.2 Å². The number of sulfone groups is 1. The Hall–Kier alpha value is -3.92. The average Bonchev–Trinajstić information content (AvgIpc) is 3.40. The first-order valence-corrected chi connectivity index (χ1v) is 17.2. The van der Waals surface area contributed by atoms with Gasteiger partial charge in [0.1, 0.15) is 33.3 Å². The molecule has 0 radical (unpaired) electrons. The number of pyridine rings is 1. The zero-order valence-corrected chi connectivity index (χ0v) is 26.4. The molecule has 0 amide bonds. The number of imidazole rings is 1. The number of nitrogens with one attached hydrogen (secondary N) is 1. The van der Waals surface area contributed by atoms with Crippen LogP contribution in [0.25, 0.3) is 16.8 Å². The summed E-state index contributed by atoms with van der Waals surface area (Å²) in [5, 5.41) is 7.81. The van der Waals surface area contributed by atoms with Crippen LogP contribution in [0, 0.1) is 17.6 Å². The minimum atomic E-state index is -3.14. The van der Waals surface area contributed by atoms with E-state index in [4.69, 9.17) is 19.9 Å². The van der Waals surface area contributed by atoms with E-state index in [1.54, 1.807) is 30.7 Å². The van der Waals surface area contributed by atoms with E-state index in [-0.39, 0.29) is 53.5 Å². The summed E-state index contributed by atoms with van der Waals surface area (Å²) < 4.78 is 72.2. The summed E-state index contributed by atoms with van der Waals surface area (Å²) in [5.41, 5.74) is 8.38. The van der Waals surface area contributed by atoms with Crippen LogP contribution in [0.1, 0.15) is 19.8 Å². The molecule has 0 spiro atoms. The van der Waals surface area contributed by atoms with Crippen LogP contribution in [0.3, 0.4) is 0 Å². The zero-order chi connectivity index (χ0) is 32.4. The van der Waals surface area contributed by atoms with E-state index in [0.29, 0.717) is 56.3 Å². The van der Waals surface area contributed by atoms with Crippen molar-refractivity contribution in [2.45, 2.75) is 38.0 Å². The molecular weight excluding hydrogens is 620 g/mol. The van der Waals surface area contributed by atoms with E-state index in [0.717, 1.165) is 5.69 Å².